The molecule has 0 fully saturated rings. The number of nitrogens with zero attached hydrogens (tertiary/aromatic N) is 2. The van der Waals surface area contributed by atoms with Crippen molar-refractivity contribution in [3.63, 3.8) is 0 Å². The lowest BCUT2D eigenvalue weighted by Crippen LogP contribution is -2.02. The first-order chi connectivity index (χ1) is 8.20. The first-order valence-electron chi connectivity index (χ1n) is 5.67. The van der Waals surface area contributed by atoms with Crippen LogP contribution in [0.15, 0.2) is 43.2 Å². The Labute approximate surface area is 102 Å². The van der Waals surface area contributed by atoms with E-state index >= 15 is 0 Å². The van der Waals surface area contributed by atoms with Gasteiger partial charge in [-0.05, 0) is 37.1 Å². The lowest BCUT2D eigenvalue weighted by molar-refractivity contribution is 0.833. The zero-order chi connectivity index (χ0) is 12.3. The highest BCUT2D eigenvalue weighted by atomic mass is 15.2. The van der Waals surface area contributed by atoms with E-state index in [2.05, 4.69) is 48.9 Å². The number of benzene rings is 1. The Balaban J connectivity index is 2.22. The van der Waals surface area contributed by atoms with Gasteiger partial charge in [-0.3, -0.25) is 0 Å². The molecular weight excluding hydrogens is 210 g/mol. The first-order valence-corrected chi connectivity index (χ1v) is 5.67. The molecular formula is C14H17N3. The molecule has 0 aliphatic carbocycles. The predicted molar refractivity (Wildman–Crippen MR) is 71.6 cm³/mol. The van der Waals surface area contributed by atoms with Crippen LogP contribution in [0.25, 0.3) is 0 Å². The summed E-state index contributed by atoms with van der Waals surface area (Å²) in [6, 6.07) is 6.30. The molecule has 1 heterocycles. The second-order valence-corrected chi connectivity index (χ2v) is 4.12. The normalized spacial score (nSPS) is 10.2. The summed E-state index contributed by atoms with van der Waals surface area (Å²) >= 11 is 0. The number of anilines is 2. The third kappa shape index (κ3) is 2.56. The summed E-state index contributed by atoms with van der Waals surface area (Å²) in [5, 5.41) is 3.31. The fourth-order valence-electron chi connectivity index (χ4n) is 1.67. The third-order valence-corrected chi connectivity index (χ3v) is 2.80. The predicted octanol–water partition coefficient (Wildman–Crippen LogP) is 3.43. The number of rotatable bonds is 4. The van der Waals surface area contributed by atoms with Crippen molar-refractivity contribution < 1.29 is 0 Å². The number of aryl methyl sites for hydroxylation is 2. The van der Waals surface area contributed by atoms with Crippen molar-refractivity contribution in [2.75, 3.05) is 5.32 Å². The van der Waals surface area contributed by atoms with Crippen LogP contribution in [-0.4, -0.2) is 9.55 Å². The summed E-state index contributed by atoms with van der Waals surface area (Å²) < 4.78 is 2.02. The van der Waals surface area contributed by atoms with E-state index < -0.39 is 0 Å². The molecule has 2 aromatic rings. The third-order valence-electron chi connectivity index (χ3n) is 2.80. The van der Waals surface area contributed by atoms with Crippen LogP contribution in [-0.2, 0) is 6.54 Å². The van der Waals surface area contributed by atoms with Gasteiger partial charge in [-0.25, -0.2) is 4.98 Å². The monoisotopic (exact) mass is 227 g/mol. The second kappa shape index (κ2) is 4.87. The summed E-state index contributed by atoms with van der Waals surface area (Å²) in [7, 11) is 0. The molecule has 1 aromatic carbocycles. The molecule has 3 nitrogen and oxygen atoms in total. The Morgan fingerprint density at radius 1 is 1.35 bits per heavy atom. The highest BCUT2D eigenvalue weighted by molar-refractivity contribution is 5.56. The molecule has 1 N–H and O–H groups in total. The first kappa shape index (κ1) is 11.5. The molecule has 17 heavy (non-hydrogen) atoms. The molecule has 0 aliphatic rings. The number of nitrogens with one attached hydrogen (secondary N) is 1. The van der Waals surface area contributed by atoms with Gasteiger partial charge >= 0.3 is 0 Å². The van der Waals surface area contributed by atoms with E-state index in [0.29, 0.717) is 0 Å². The minimum Gasteiger partial charge on any atom is -0.326 e. The highest BCUT2D eigenvalue weighted by Crippen LogP contribution is 2.18. The minimum atomic E-state index is 0.757. The van der Waals surface area contributed by atoms with Gasteiger partial charge in [0.05, 0.1) is 0 Å². The zero-order valence-corrected chi connectivity index (χ0v) is 10.3. The zero-order valence-electron chi connectivity index (χ0n) is 10.3. The van der Waals surface area contributed by atoms with Crippen LogP contribution in [0.5, 0.6) is 0 Å². The standard InChI is InChI=1S/C14H17N3/c1-4-8-17-9-7-15-14(17)16-13-6-5-11(2)12(3)10-13/h4-7,9-10H,1,8H2,2-3H3,(H,15,16). The van der Waals surface area contributed by atoms with Crippen molar-refractivity contribution in [2.45, 2.75) is 20.4 Å². The Kier molecular flexibility index (Phi) is 3.28. The van der Waals surface area contributed by atoms with Gasteiger partial charge in [0.1, 0.15) is 0 Å². The highest BCUT2D eigenvalue weighted by Gasteiger charge is 2.02. The van der Waals surface area contributed by atoms with Gasteiger partial charge in [-0.15, -0.1) is 6.58 Å². The smallest absolute Gasteiger partial charge is 0.207 e. The van der Waals surface area contributed by atoms with E-state index in [-0.39, 0.29) is 0 Å². The van der Waals surface area contributed by atoms with E-state index in [9.17, 15) is 0 Å². The quantitative estimate of drug-likeness (QED) is 0.811. The average Bonchev–Trinajstić information content (AvgIpc) is 2.72. The molecule has 0 atom stereocenters. The molecule has 0 spiro atoms. The average molecular weight is 227 g/mol. The van der Waals surface area contributed by atoms with Crippen LogP contribution in [0.3, 0.4) is 0 Å². The summed E-state index contributed by atoms with van der Waals surface area (Å²) in [5.74, 6) is 0.841. The van der Waals surface area contributed by atoms with Crippen molar-refractivity contribution in [1.29, 1.82) is 0 Å². The maximum atomic E-state index is 4.29. The summed E-state index contributed by atoms with van der Waals surface area (Å²) in [4.78, 5) is 4.29. The van der Waals surface area contributed by atoms with Crippen LogP contribution < -0.4 is 5.32 Å². The van der Waals surface area contributed by atoms with Crippen molar-refractivity contribution in [1.82, 2.24) is 9.55 Å². The van der Waals surface area contributed by atoms with Crippen LogP contribution in [0.1, 0.15) is 11.1 Å². The summed E-state index contributed by atoms with van der Waals surface area (Å²) in [5.41, 5.74) is 3.63. The van der Waals surface area contributed by atoms with Crippen LogP contribution in [0, 0.1) is 13.8 Å². The molecule has 0 bridgehead atoms. The van der Waals surface area contributed by atoms with Gasteiger partial charge in [0, 0.05) is 24.6 Å². The SMILES string of the molecule is C=CCn1ccnc1Nc1ccc(C)c(C)c1. The molecule has 0 saturated heterocycles. The Morgan fingerprint density at radius 3 is 2.88 bits per heavy atom. The fraction of sp³-hybridized carbons (Fsp3) is 0.214. The molecule has 0 radical (unpaired) electrons. The van der Waals surface area contributed by atoms with E-state index in [1.807, 2.05) is 16.8 Å². The van der Waals surface area contributed by atoms with Gasteiger partial charge in [-0.1, -0.05) is 12.1 Å². The van der Waals surface area contributed by atoms with Crippen molar-refractivity contribution in [2.24, 2.45) is 0 Å². The van der Waals surface area contributed by atoms with Crippen molar-refractivity contribution in [3.8, 4) is 0 Å². The molecule has 0 unspecified atom stereocenters. The van der Waals surface area contributed by atoms with Gasteiger partial charge in [0.15, 0.2) is 0 Å². The van der Waals surface area contributed by atoms with Crippen LogP contribution >= 0.6 is 0 Å². The molecule has 88 valence electrons. The van der Waals surface area contributed by atoms with E-state index in [0.717, 1.165) is 18.2 Å². The van der Waals surface area contributed by atoms with Crippen LogP contribution in [0.4, 0.5) is 11.6 Å². The number of imidazole rings is 1. The molecule has 3 heteroatoms. The maximum absolute atomic E-state index is 4.29. The molecule has 0 aliphatic heterocycles. The molecule has 0 saturated carbocycles. The lowest BCUT2D eigenvalue weighted by atomic mass is 10.1. The Morgan fingerprint density at radius 2 is 2.18 bits per heavy atom. The van der Waals surface area contributed by atoms with Gasteiger partial charge in [0.2, 0.25) is 5.95 Å². The summed E-state index contributed by atoms with van der Waals surface area (Å²) in [6.45, 7) is 8.71. The summed E-state index contributed by atoms with van der Waals surface area (Å²) in [6.07, 6.45) is 5.57. The van der Waals surface area contributed by atoms with Crippen LogP contribution in [0.2, 0.25) is 0 Å². The number of hydrogen-bond acceptors (Lipinski definition) is 2. The Hall–Kier alpha value is -2.03. The van der Waals surface area contributed by atoms with E-state index in [4.69, 9.17) is 0 Å². The van der Waals surface area contributed by atoms with Gasteiger partial charge < -0.3 is 9.88 Å². The maximum Gasteiger partial charge on any atom is 0.207 e. The fourth-order valence-corrected chi connectivity index (χ4v) is 1.67. The number of allylic oxidation sites excluding steroid dienone is 1. The number of hydrogen-bond donors (Lipinski definition) is 1. The number of aromatic nitrogens is 2. The topological polar surface area (TPSA) is 29.9 Å². The second-order valence-electron chi connectivity index (χ2n) is 4.12. The van der Waals surface area contributed by atoms with Gasteiger partial charge in [-0.2, -0.15) is 0 Å². The van der Waals surface area contributed by atoms with Crippen molar-refractivity contribution in [3.05, 3.63) is 54.4 Å². The van der Waals surface area contributed by atoms with Crippen molar-refractivity contribution >= 4 is 11.6 Å². The largest absolute Gasteiger partial charge is 0.326 e. The minimum absolute atomic E-state index is 0.757. The van der Waals surface area contributed by atoms with E-state index in [1.165, 1.54) is 11.1 Å². The molecule has 0 amide bonds. The Bertz CT molecular complexity index is 526. The lowest BCUT2D eigenvalue weighted by Gasteiger charge is -2.09. The van der Waals surface area contributed by atoms with E-state index in [1.54, 1.807) is 6.20 Å². The van der Waals surface area contributed by atoms with Gasteiger partial charge in [0.25, 0.3) is 0 Å². The molecule has 2 rings (SSSR count). The molecule has 1 aromatic heterocycles.